The average Bonchev–Trinajstić information content (AvgIpc) is 2.67. The van der Waals surface area contributed by atoms with Crippen molar-refractivity contribution in [1.29, 1.82) is 0 Å². The van der Waals surface area contributed by atoms with Crippen LogP contribution in [-0.2, 0) is 9.05 Å². The number of ether oxygens (including phenoxy) is 2. The van der Waals surface area contributed by atoms with Gasteiger partial charge >= 0.3 is 26.6 Å². The third-order valence-corrected chi connectivity index (χ3v) is 6.86. The van der Waals surface area contributed by atoms with Gasteiger partial charge in [0.05, 0.1) is 33.0 Å². The molecular weight excluding hydrogens is 346 g/mol. The average molecular weight is 371 g/mol. The molecule has 2 aromatic rings. The molecule has 0 unspecified atom stereocenters. The van der Waals surface area contributed by atoms with Crippen molar-refractivity contribution in [3.63, 3.8) is 0 Å². The summed E-state index contributed by atoms with van der Waals surface area (Å²) in [5.74, 6) is 0.869. The van der Waals surface area contributed by atoms with Crippen molar-refractivity contribution in [2.45, 2.75) is 13.8 Å². The molecule has 0 amide bonds. The zero-order valence-corrected chi connectivity index (χ0v) is 16.9. The summed E-state index contributed by atoms with van der Waals surface area (Å²) in [7, 11) is 0.459. The fourth-order valence-electron chi connectivity index (χ4n) is 2.68. The molecule has 0 N–H and O–H groups in total. The molecule has 5 nitrogen and oxygen atoms in total. The molecule has 0 heterocycles. The number of methoxy groups -OCH3 is 2. The van der Waals surface area contributed by atoms with Gasteiger partial charge in [-0.1, -0.05) is 18.2 Å². The van der Waals surface area contributed by atoms with E-state index in [1.807, 2.05) is 44.2 Å². The predicted molar refractivity (Wildman–Crippen MR) is 102 cm³/mol. The van der Waals surface area contributed by atoms with Gasteiger partial charge in [-0.3, -0.25) is 4.79 Å². The molecule has 2 rings (SSSR count). The molecule has 0 aliphatic rings. The number of hydrogen-bond donors (Lipinski definition) is 0. The van der Waals surface area contributed by atoms with Gasteiger partial charge in [-0.05, 0) is 26.0 Å². The standard InChI is InChI=1S/C19H24O5P.Li.H/c1-5-23-25(24-6-2,15-10-8-7-9-11-15)16-12-18(21-3)17(14-20)19(13-16)22-4;;/h7-14H,5-6H2,1-4H3;;/q2*+1;-1. The molecular formula is C19H25LiO5P+. The SMILES string of the molecule is CCO[P+](OCC)(c1ccccc1)c1cc(OC)c(C=O)c(OC)c1.[H-].[Li+]. The van der Waals surface area contributed by atoms with Crippen LogP contribution in [0.2, 0.25) is 0 Å². The van der Waals surface area contributed by atoms with Crippen molar-refractivity contribution in [3.8, 4) is 11.5 Å². The predicted octanol–water partition coefficient (Wildman–Crippen LogP) is 0.504. The number of carbonyl (C=O) groups excluding carboxylic acids is 1. The van der Waals surface area contributed by atoms with Crippen molar-refractivity contribution < 1.29 is 43.6 Å². The summed E-state index contributed by atoms with van der Waals surface area (Å²) < 4.78 is 23.2. The molecule has 0 aliphatic carbocycles. The fraction of sp³-hybridized carbons (Fsp3) is 0.316. The summed E-state index contributed by atoms with van der Waals surface area (Å²) in [6.07, 6.45) is 0.728. The summed E-state index contributed by atoms with van der Waals surface area (Å²) in [4.78, 5) is 11.4. The second-order valence-corrected chi connectivity index (χ2v) is 7.76. The van der Waals surface area contributed by atoms with Crippen LogP contribution in [-0.4, -0.2) is 33.7 Å². The molecule has 0 aliphatic heterocycles. The molecule has 0 radical (unpaired) electrons. The Morgan fingerprint density at radius 1 is 0.923 bits per heavy atom. The Bertz CT molecular complexity index is 683. The van der Waals surface area contributed by atoms with Crippen molar-refractivity contribution >= 4 is 24.6 Å². The van der Waals surface area contributed by atoms with Crippen LogP contribution < -0.4 is 38.9 Å². The molecule has 0 spiro atoms. The zero-order chi connectivity index (χ0) is 18.3. The van der Waals surface area contributed by atoms with E-state index >= 15 is 0 Å². The maximum Gasteiger partial charge on any atom is 1.00 e. The van der Waals surface area contributed by atoms with Crippen LogP contribution in [0.3, 0.4) is 0 Å². The minimum atomic E-state index is -2.59. The minimum Gasteiger partial charge on any atom is -1.00 e. The van der Waals surface area contributed by atoms with Crippen LogP contribution in [0, 0.1) is 0 Å². The summed E-state index contributed by atoms with van der Waals surface area (Å²) in [6, 6.07) is 13.5. The maximum atomic E-state index is 11.4. The van der Waals surface area contributed by atoms with E-state index in [1.54, 1.807) is 12.1 Å². The van der Waals surface area contributed by atoms with Gasteiger partial charge in [-0.25, -0.2) is 0 Å². The van der Waals surface area contributed by atoms with E-state index in [9.17, 15) is 4.79 Å². The van der Waals surface area contributed by atoms with Crippen LogP contribution >= 0.6 is 7.72 Å². The van der Waals surface area contributed by atoms with Crippen LogP contribution in [0.1, 0.15) is 25.6 Å². The van der Waals surface area contributed by atoms with Gasteiger partial charge in [0.1, 0.15) is 11.5 Å². The molecule has 26 heavy (non-hydrogen) atoms. The largest absolute Gasteiger partial charge is 1.00 e. The first-order valence-electron chi connectivity index (χ1n) is 8.12. The van der Waals surface area contributed by atoms with Crippen LogP contribution in [0.25, 0.3) is 0 Å². The molecule has 0 aromatic heterocycles. The second-order valence-electron chi connectivity index (χ2n) is 5.10. The molecule has 0 saturated carbocycles. The van der Waals surface area contributed by atoms with E-state index in [4.69, 9.17) is 18.5 Å². The van der Waals surface area contributed by atoms with Crippen LogP contribution in [0.15, 0.2) is 42.5 Å². The van der Waals surface area contributed by atoms with Gasteiger partial charge in [-0.2, -0.15) is 9.05 Å². The Kier molecular flexibility index (Phi) is 9.36. The first kappa shape index (κ1) is 22.7. The van der Waals surface area contributed by atoms with Gasteiger partial charge in [0.25, 0.3) is 0 Å². The Labute approximate surface area is 169 Å². The van der Waals surface area contributed by atoms with E-state index < -0.39 is 7.72 Å². The quantitative estimate of drug-likeness (QED) is 0.365. The number of benzene rings is 2. The first-order valence-corrected chi connectivity index (χ1v) is 9.74. The first-order chi connectivity index (χ1) is 12.2. The maximum absolute atomic E-state index is 11.4. The second kappa shape index (κ2) is 10.7. The van der Waals surface area contributed by atoms with Gasteiger partial charge in [-0.15, -0.1) is 0 Å². The zero-order valence-electron chi connectivity index (χ0n) is 17.0. The molecule has 0 saturated heterocycles. The monoisotopic (exact) mass is 371 g/mol. The van der Waals surface area contributed by atoms with Crippen molar-refractivity contribution in [3.05, 3.63) is 48.0 Å². The number of aldehydes is 1. The van der Waals surface area contributed by atoms with E-state index in [2.05, 4.69) is 0 Å². The smallest absolute Gasteiger partial charge is 1.00 e. The van der Waals surface area contributed by atoms with E-state index in [0.717, 1.165) is 16.9 Å². The normalized spacial score (nSPS) is 10.8. The van der Waals surface area contributed by atoms with Crippen molar-refractivity contribution in [2.24, 2.45) is 0 Å². The minimum absolute atomic E-state index is 0. The summed E-state index contributed by atoms with van der Waals surface area (Å²) in [5, 5.41) is 1.77. The topological polar surface area (TPSA) is 54.0 Å². The molecule has 2 aromatic carbocycles. The molecule has 0 bridgehead atoms. The van der Waals surface area contributed by atoms with Crippen molar-refractivity contribution in [1.82, 2.24) is 0 Å². The Hall–Kier alpha value is -1.34. The van der Waals surface area contributed by atoms with Crippen molar-refractivity contribution in [2.75, 3.05) is 27.4 Å². The van der Waals surface area contributed by atoms with E-state index in [-0.39, 0.29) is 20.3 Å². The molecule has 0 fully saturated rings. The molecule has 136 valence electrons. The van der Waals surface area contributed by atoms with Gasteiger partial charge in [0.2, 0.25) is 0 Å². The summed E-state index contributed by atoms with van der Waals surface area (Å²) in [5.41, 5.74) is 0.368. The van der Waals surface area contributed by atoms with Gasteiger partial charge < -0.3 is 10.9 Å². The Morgan fingerprint density at radius 2 is 1.42 bits per heavy atom. The summed E-state index contributed by atoms with van der Waals surface area (Å²) in [6.45, 7) is 4.85. The van der Waals surface area contributed by atoms with Gasteiger partial charge in [0.15, 0.2) is 16.9 Å². The van der Waals surface area contributed by atoms with E-state index in [0.29, 0.717) is 30.3 Å². The number of carbonyl (C=O) groups is 1. The fourth-order valence-corrected chi connectivity index (χ4v) is 5.52. The number of hydrogen-bond acceptors (Lipinski definition) is 5. The van der Waals surface area contributed by atoms with E-state index in [1.165, 1.54) is 14.2 Å². The third kappa shape index (κ3) is 4.49. The molecule has 0 atom stereocenters. The third-order valence-electron chi connectivity index (χ3n) is 3.70. The number of rotatable bonds is 9. The molecule has 7 heteroatoms. The van der Waals surface area contributed by atoms with Gasteiger partial charge in [0, 0.05) is 12.1 Å². The van der Waals surface area contributed by atoms with Crippen LogP contribution in [0.5, 0.6) is 11.5 Å². The Morgan fingerprint density at radius 3 is 1.81 bits per heavy atom. The summed E-state index contributed by atoms with van der Waals surface area (Å²) >= 11 is 0. The van der Waals surface area contributed by atoms with Crippen LogP contribution in [0.4, 0.5) is 0 Å². The Balaban J connectivity index is 0.00000338.